The van der Waals surface area contributed by atoms with Crippen molar-refractivity contribution in [1.29, 1.82) is 0 Å². The molecule has 1 saturated heterocycles. The van der Waals surface area contributed by atoms with E-state index in [0.29, 0.717) is 11.8 Å². The van der Waals surface area contributed by atoms with Crippen LogP contribution in [0.3, 0.4) is 0 Å². The molecule has 2 aromatic rings. The summed E-state index contributed by atoms with van der Waals surface area (Å²) in [6.45, 7) is 16.7. The number of nitrogens with one attached hydrogen (secondary N) is 1. The molecule has 0 saturated carbocycles. The van der Waals surface area contributed by atoms with Crippen molar-refractivity contribution < 1.29 is 9.90 Å². The van der Waals surface area contributed by atoms with Gasteiger partial charge in [-0.2, -0.15) is 9.36 Å². The fourth-order valence-corrected chi connectivity index (χ4v) is 4.89. The van der Waals surface area contributed by atoms with Gasteiger partial charge in [-0.3, -0.25) is 4.79 Å². The van der Waals surface area contributed by atoms with Crippen LogP contribution in [0.4, 0.5) is 22.5 Å². The van der Waals surface area contributed by atoms with E-state index < -0.39 is 5.97 Å². The zero-order valence-electron chi connectivity index (χ0n) is 21.4. The minimum atomic E-state index is -0.784. The lowest BCUT2D eigenvalue weighted by atomic mass is 9.96. The first kappa shape index (κ1) is 26.2. The Morgan fingerprint density at radius 2 is 1.76 bits per heavy atom. The van der Waals surface area contributed by atoms with Crippen molar-refractivity contribution in [1.82, 2.24) is 14.3 Å². The fourth-order valence-electron chi connectivity index (χ4n) is 4.29. The number of carbonyl (C=O) groups is 1. The normalized spacial score (nSPS) is 15.7. The molecule has 0 aliphatic carbocycles. The molecule has 0 radical (unpaired) electrons. The SMILES string of the molecule is CC(C)CN(CC(C)C)c1ccc(C(C)CC(=O)O)cc1Nc1nc(N2CCN(C)CC2)ns1. The average molecular weight is 489 g/mol. The maximum Gasteiger partial charge on any atom is 0.303 e. The highest BCUT2D eigenvalue weighted by atomic mass is 32.1. The summed E-state index contributed by atoms with van der Waals surface area (Å²) in [5, 5.41) is 13.6. The number of benzene rings is 1. The predicted molar refractivity (Wildman–Crippen MR) is 142 cm³/mol. The summed E-state index contributed by atoms with van der Waals surface area (Å²) in [6.07, 6.45) is 0.104. The highest BCUT2D eigenvalue weighted by Gasteiger charge is 2.21. The van der Waals surface area contributed by atoms with E-state index in [1.807, 2.05) is 6.92 Å². The Bertz CT molecular complexity index is 929. The lowest BCUT2D eigenvalue weighted by Gasteiger charge is -2.31. The number of piperazine rings is 1. The Labute approximate surface area is 208 Å². The van der Waals surface area contributed by atoms with Gasteiger partial charge in [0.2, 0.25) is 11.1 Å². The Hall–Kier alpha value is -2.39. The van der Waals surface area contributed by atoms with Gasteiger partial charge in [-0.05, 0) is 42.5 Å². The van der Waals surface area contributed by atoms with Crippen molar-refractivity contribution in [2.24, 2.45) is 11.8 Å². The van der Waals surface area contributed by atoms with Gasteiger partial charge >= 0.3 is 5.97 Å². The molecule has 2 N–H and O–H groups in total. The first-order valence-electron chi connectivity index (χ1n) is 12.3. The molecule has 0 bridgehead atoms. The zero-order valence-corrected chi connectivity index (χ0v) is 22.2. The number of hydrogen-bond donors (Lipinski definition) is 2. The Morgan fingerprint density at radius 3 is 2.35 bits per heavy atom. The highest BCUT2D eigenvalue weighted by molar-refractivity contribution is 7.10. The first-order chi connectivity index (χ1) is 16.1. The Kier molecular flexibility index (Phi) is 9.13. The maximum atomic E-state index is 11.3. The quantitative estimate of drug-likeness (QED) is 0.470. The molecular weight excluding hydrogens is 448 g/mol. The van der Waals surface area contributed by atoms with Gasteiger partial charge in [0, 0.05) is 50.8 Å². The van der Waals surface area contributed by atoms with Crippen LogP contribution < -0.4 is 15.1 Å². The van der Waals surface area contributed by atoms with Crippen molar-refractivity contribution in [3.8, 4) is 0 Å². The minimum absolute atomic E-state index is 0.0777. The summed E-state index contributed by atoms with van der Waals surface area (Å²) in [6, 6.07) is 6.29. The van der Waals surface area contributed by atoms with E-state index in [1.54, 1.807) is 0 Å². The number of anilines is 4. The summed E-state index contributed by atoms with van der Waals surface area (Å²) in [4.78, 5) is 23.1. The van der Waals surface area contributed by atoms with E-state index in [2.05, 4.69) is 77.3 Å². The van der Waals surface area contributed by atoms with Gasteiger partial charge < -0.3 is 25.1 Å². The highest BCUT2D eigenvalue weighted by Crippen LogP contribution is 2.35. The summed E-state index contributed by atoms with van der Waals surface area (Å²) >= 11 is 1.37. The average Bonchev–Trinajstić information content (AvgIpc) is 3.21. The fraction of sp³-hybridized carbons (Fsp3) is 0.640. The topological polar surface area (TPSA) is 84.8 Å². The molecule has 1 aromatic heterocycles. The Morgan fingerprint density at radius 1 is 1.12 bits per heavy atom. The summed E-state index contributed by atoms with van der Waals surface area (Å²) < 4.78 is 4.61. The second-order valence-corrected chi connectivity index (χ2v) is 11.0. The van der Waals surface area contributed by atoms with Crippen LogP contribution in [0.15, 0.2) is 18.2 Å². The lowest BCUT2D eigenvalue weighted by molar-refractivity contribution is -0.137. The number of aromatic nitrogens is 2. The van der Waals surface area contributed by atoms with Crippen molar-refractivity contribution in [2.75, 3.05) is 61.4 Å². The van der Waals surface area contributed by atoms with Crippen LogP contribution in [0.5, 0.6) is 0 Å². The molecule has 9 heteroatoms. The van der Waals surface area contributed by atoms with Gasteiger partial charge in [-0.25, -0.2) is 0 Å². The summed E-state index contributed by atoms with van der Waals surface area (Å²) in [5.74, 6) is 0.947. The molecule has 1 atom stereocenters. The number of carboxylic acids is 1. The molecule has 1 unspecified atom stereocenters. The molecule has 2 heterocycles. The van der Waals surface area contributed by atoms with Crippen molar-refractivity contribution in [2.45, 2.75) is 47.0 Å². The largest absolute Gasteiger partial charge is 0.481 e. The van der Waals surface area contributed by atoms with Gasteiger partial charge in [0.15, 0.2) is 0 Å². The molecule has 0 spiro atoms. The van der Waals surface area contributed by atoms with Crippen LogP contribution >= 0.6 is 11.5 Å². The molecule has 8 nitrogen and oxygen atoms in total. The third-order valence-corrected chi connectivity index (χ3v) is 6.65. The van der Waals surface area contributed by atoms with E-state index in [4.69, 9.17) is 4.98 Å². The number of hydrogen-bond acceptors (Lipinski definition) is 8. The van der Waals surface area contributed by atoms with E-state index in [-0.39, 0.29) is 12.3 Å². The molecule has 0 amide bonds. The zero-order chi connectivity index (χ0) is 24.8. The number of likely N-dealkylation sites (N-methyl/N-ethyl adjacent to an activating group) is 1. The maximum absolute atomic E-state index is 11.3. The molecule has 188 valence electrons. The lowest BCUT2D eigenvalue weighted by Crippen LogP contribution is -2.44. The molecule has 1 aliphatic rings. The summed E-state index contributed by atoms with van der Waals surface area (Å²) in [5.41, 5.74) is 3.08. The molecule has 34 heavy (non-hydrogen) atoms. The van der Waals surface area contributed by atoms with Crippen molar-refractivity contribution in [3.63, 3.8) is 0 Å². The van der Waals surface area contributed by atoms with Crippen molar-refractivity contribution in [3.05, 3.63) is 23.8 Å². The third kappa shape index (κ3) is 7.30. The molecule has 1 fully saturated rings. The van der Waals surface area contributed by atoms with Gasteiger partial charge in [0.05, 0.1) is 17.8 Å². The standard InChI is InChI=1S/C25H40N6O2S/c1-17(2)15-31(16-18(3)4)22-8-7-20(19(5)13-23(32)33)14-21(22)26-25-27-24(28-34-25)30-11-9-29(6)10-12-30/h7-8,14,17-19H,9-13,15-16H2,1-6H3,(H,32,33)(H,26,27,28). The van der Waals surface area contributed by atoms with E-state index in [0.717, 1.165) is 67.3 Å². The monoisotopic (exact) mass is 488 g/mol. The first-order valence-corrected chi connectivity index (χ1v) is 13.0. The molecular formula is C25H40N6O2S. The summed E-state index contributed by atoms with van der Waals surface area (Å²) in [7, 11) is 2.14. The molecule has 1 aromatic carbocycles. The number of carboxylic acid groups (broad SMARTS) is 1. The third-order valence-electron chi connectivity index (χ3n) is 6.03. The van der Waals surface area contributed by atoms with Gasteiger partial charge in [0.1, 0.15) is 0 Å². The molecule has 1 aliphatic heterocycles. The van der Waals surface area contributed by atoms with Crippen LogP contribution in [0.1, 0.15) is 52.5 Å². The van der Waals surface area contributed by atoms with E-state index in [1.165, 1.54) is 11.5 Å². The van der Waals surface area contributed by atoms with Crippen molar-refractivity contribution >= 4 is 40.0 Å². The second kappa shape index (κ2) is 11.8. The van der Waals surface area contributed by atoms with Crippen LogP contribution in [-0.2, 0) is 4.79 Å². The van der Waals surface area contributed by atoms with Crippen LogP contribution in [0.2, 0.25) is 0 Å². The van der Waals surface area contributed by atoms with E-state index in [9.17, 15) is 9.90 Å². The van der Waals surface area contributed by atoms with E-state index >= 15 is 0 Å². The van der Waals surface area contributed by atoms with Crippen LogP contribution in [-0.4, -0.2) is 71.6 Å². The number of nitrogens with zero attached hydrogens (tertiary/aromatic N) is 5. The second-order valence-electron chi connectivity index (χ2n) is 10.3. The van der Waals surface area contributed by atoms with Gasteiger partial charge in [0.25, 0.3) is 0 Å². The predicted octanol–water partition coefficient (Wildman–Crippen LogP) is 4.73. The smallest absolute Gasteiger partial charge is 0.303 e. The minimum Gasteiger partial charge on any atom is -0.481 e. The molecule has 3 rings (SSSR count). The number of rotatable bonds is 11. The van der Waals surface area contributed by atoms with Gasteiger partial charge in [-0.15, -0.1) is 0 Å². The number of aliphatic carboxylic acids is 1. The Balaban J connectivity index is 1.91. The van der Waals surface area contributed by atoms with Crippen LogP contribution in [0.25, 0.3) is 0 Å². The van der Waals surface area contributed by atoms with Crippen LogP contribution in [0, 0.1) is 11.8 Å². The van der Waals surface area contributed by atoms with Gasteiger partial charge in [-0.1, -0.05) is 40.7 Å².